The fourth-order valence-corrected chi connectivity index (χ4v) is 2.82. The maximum atomic E-state index is 12.1. The molecule has 0 amide bonds. The van der Waals surface area contributed by atoms with Crippen LogP contribution in [0, 0.1) is 0 Å². The number of hydrogen-bond donors (Lipinski definition) is 1. The SMILES string of the molecule is CCC1COCCN1CCC(C)(NC(C)C)C(=O)OC. The Morgan fingerprint density at radius 2 is 2.25 bits per heavy atom. The summed E-state index contributed by atoms with van der Waals surface area (Å²) in [5.41, 5.74) is -0.625. The summed E-state index contributed by atoms with van der Waals surface area (Å²) in [5, 5.41) is 3.35. The van der Waals surface area contributed by atoms with Crippen LogP contribution in [0.5, 0.6) is 0 Å². The van der Waals surface area contributed by atoms with Crippen LogP contribution in [0.1, 0.15) is 40.5 Å². The van der Waals surface area contributed by atoms with Gasteiger partial charge in [0.2, 0.25) is 0 Å². The van der Waals surface area contributed by atoms with Gasteiger partial charge in [-0.2, -0.15) is 0 Å². The molecule has 0 bridgehead atoms. The second-order valence-corrected chi connectivity index (χ2v) is 6.05. The van der Waals surface area contributed by atoms with E-state index in [0.717, 1.165) is 39.1 Å². The molecule has 0 radical (unpaired) electrons. The van der Waals surface area contributed by atoms with Gasteiger partial charge < -0.3 is 9.47 Å². The van der Waals surface area contributed by atoms with Gasteiger partial charge in [-0.3, -0.25) is 15.0 Å². The van der Waals surface area contributed by atoms with Crippen molar-refractivity contribution in [3.63, 3.8) is 0 Å². The molecule has 20 heavy (non-hydrogen) atoms. The molecule has 0 spiro atoms. The lowest BCUT2D eigenvalue weighted by Gasteiger charge is -2.38. The fourth-order valence-electron chi connectivity index (χ4n) is 2.82. The average molecular weight is 286 g/mol. The van der Waals surface area contributed by atoms with Crippen molar-refractivity contribution in [2.24, 2.45) is 0 Å². The molecule has 2 unspecified atom stereocenters. The number of morpholine rings is 1. The molecule has 1 heterocycles. The fraction of sp³-hybridized carbons (Fsp3) is 0.933. The summed E-state index contributed by atoms with van der Waals surface area (Å²) < 4.78 is 10.5. The molecule has 2 atom stereocenters. The first kappa shape index (κ1) is 17.4. The molecule has 0 aliphatic carbocycles. The molecule has 1 N–H and O–H groups in total. The zero-order chi connectivity index (χ0) is 15.2. The van der Waals surface area contributed by atoms with Crippen molar-refractivity contribution < 1.29 is 14.3 Å². The molecular formula is C15H30N2O3. The van der Waals surface area contributed by atoms with E-state index in [4.69, 9.17) is 9.47 Å². The highest BCUT2D eigenvalue weighted by atomic mass is 16.5. The van der Waals surface area contributed by atoms with Gasteiger partial charge in [-0.05, 0) is 33.6 Å². The second-order valence-electron chi connectivity index (χ2n) is 6.05. The van der Waals surface area contributed by atoms with E-state index in [1.54, 1.807) is 0 Å². The van der Waals surface area contributed by atoms with Crippen molar-refractivity contribution in [2.75, 3.05) is 33.4 Å². The summed E-state index contributed by atoms with van der Waals surface area (Å²) in [5.74, 6) is -0.187. The quantitative estimate of drug-likeness (QED) is 0.717. The van der Waals surface area contributed by atoms with E-state index in [9.17, 15) is 4.79 Å². The lowest BCUT2D eigenvalue weighted by atomic mass is 9.95. The molecule has 5 heteroatoms. The maximum Gasteiger partial charge on any atom is 0.325 e. The number of esters is 1. The van der Waals surface area contributed by atoms with Crippen molar-refractivity contribution in [1.82, 2.24) is 10.2 Å². The molecule has 1 fully saturated rings. The minimum Gasteiger partial charge on any atom is -0.468 e. The molecule has 0 saturated carbocycles. The van der Waals surface area contributed by atoms with E-state index in [0.29, 0.717) is 6.04 Å². The molecule has 0 aromatic heterocycles. The number of nitrogens with one attached hydrogen (secondary N) is 1. The molecule has 118 valence electrons. The number of rotatable bonds is 7. The Morgan fingerprint density at radius 3 is 2.80 bits per heavy atom. The Balaban J connectivity index is 2.63. The van der Waals surface area contributed by atoms with Crippen LogP contribution in [-0.2, 0) is 14.3 Å². The van der Waals surface area contributed by atoms with E-state index < -0.39 is 5.54 Å². The first-order chi connectivity index (χ1) is 9.42. The molecule has 1 saturated heterocycles. The Labute approximate surface area is 123 Å². The van der Waals surface area contributed by atoms with E-state index in [2.05, 4.69) is 17.1 Å². The van der Waals surface area contributed by atoms with Gasteiger partial charge in [-0.25, -0.2) is 0 Å². The van der Waals surface area contributed by atoms with Crippen molar-refractivity contribution >= 4 is 5.97 Å². The van der Waals surface area contributed by atoms with Crippen molar-refractivity contribution in [2.45, 2.75) is 58.2 Å². The number of methoxy groups -OCH3 is 1. The minimum atomic E-state index is -0.625. The van der Waals surface area contributed by atoms with Crippen LogP contribution in [-0.4, -0.2) is 61.9 Å². The predicted octanol–water partition coefficient (Wildman–Crippen LogP) is 1.42. The summed E-state index contributed by atoms with van der Waals surface area (Å²) in [6.45, 7) is 11.6. The summed E-state index contributed by atoms with van der Waals surface area (Å²) >= 11 is 0. The summed E-state index contributed by atoms with van der Waals surface area (Å²) in [6.07, 6.45) is 1.82. The lowest BCUT2D eigenvalue weighted by Crippen LogP contribution is -2.55. The largest absolute Gasteiger partial charge is 0.468 e. The highest BCUT2D eigenvalue weighted by Gasteiger charge is 2.35. The number of carbonyl (C=O) groups is 1. The maximum absolute atomic E-state index is 12.1. The smallest absolute Gasteiger partial charge is 0.325 e. The van der Waals surface area contributed by atoms with Crippen molar-refractivity contribution in [3.8, 4) is 0 Å². The Kier molecular flexibility index (Phi) is 6.92. The second kappa shape index (κ2) is 7.96. The number of hydrogen-bond acceptors (Lipinski definition) is 5. The van der Waals surface area contributed by atoms with E-state index >= 15 is 0 Å². The molecule has 0 aromatic carbocycles. The van der Waals surface area contributed by atoms with Gasteiger partial charge in [-0.15, -0.1) is 0 Å². The van der Waals surface area contributed by atoms with Gasteiger partial charge in [0.15, 0.2) is 0 Å². The van der Waals surface area contributed by atoms with Crippen LogP contribution in [0.3, 0.4) is 0 Å². The van der Waals surface area contributed by atoms with E-state index in [1.165, 1.54) is 7.11 Å². The average Bonchev–Trinajstić information content (AvgIpc) is 2.43. The van der Waals surface area contributed by atoms with Gasteiger partial charge in [0.1, 0.15) is 5.54 Å². The molecule has 1 aliphatic heterocycles. The van der Waals surface area contributed by atoms with Gasteiger partial charge in [0.25, 0.3) is 0 Å². The number of nitrogens with zero attached hydrogens (tertiary/aromatic N) is 1. The zero-order valence-corrected chi connectivity index (χ0v) is 13.6. The zero-order valence-electron chi connectivity index (χ0n) is 13.6. The highest BCUT2D eigenvalue weighted by molar-refractivity contribution is 5.80. The molecule has 0 aromatic rings. The molecule has 1 rings (SSSR count). The van der Waals surface area contributed by atoms with Crippen LogP contribution in [0.4, 0.5) is 0 Å². The van der Waals surface area contributed by atoms with Crippen LogP contribution < -0.4 is 5.32 Å². The number of carbonyl (C=O) groups excluding carboxylic acids is 1. The van der Waals surface area contributed by atoms with Gasteiger partial charge in [0, 0.05) is 25.2 Å². The van der Waals surface area contributed by atoms with Gasteiger partial charge in [-0.1, -0.05) is 6.92 Å². The first-order valence-electron chi connectivity index (χ1n) is 7.61. The third-order valence-electron chi connectivity index (χ3n) is 3.96. The van der Waals surface area contributed by atoms with Crippen LogP contribution >= 0.6 is 0 Å². The topological polar surface area (TPSA) is 50.8 Å². The van der Waals surface area contributed by atoms with Crippen molar-refractivity contribution in [3.05, 3.63) is 0 Å². The van der Waals surface area contributed by atoms with Crippen LogP contribution in [0.2, 0.25) is 0 Å². The Morgan fingerprint density at radius 1 is 1.55 bits per heavy atom. The monoisotopic (exact) mass is 286 g/mol. The van der Waals surface area contributed by atoms with Gasteiger partial charge >= 0.3 is 5.97 Å². The normalized spacial score (nSPS) is 23.6. The standard InChI is InChI=1S/C15H30N2O3/c1-6-13-11-20-10-9-17(13)8-7-15(4,14(18)19-5)16-12(2)3/h12-13,16H,6-11H2,1-5H3. The first-order valence-corrected chi connectivity index (χ1v) is 7.61. The highest BCUT2D eigenvalue weighted by Crippen LogP contribution is 2.17. The number of ether oxygens (including phenoxy) is 2. The lowest BCUT2D eigenvalue weighted by molar-refractivity contribution is -0.149. The van der Waals surface area contributed by atoms with E-state index in [-0.39, 0.29) is 12.0 Å². The van der Waals surface area contributed by atoms with Gasteiger partial charge in [0.05, 0.1) is 20.3 Å². The van der Waals surface area contributed by atoms with E-state index in [1.807, 2.05) is 20.8 Å². The Bertz CT molecular complexity index is 309. The summed E-state index contributed by atoms with van der Waals surface area (Å²) in [6, 6.07) is 0.704. The third-order valence-corrected chi connectivity index (χ3v) is 3.96. The molecule has 1 aliphatic rings. The minimum absolute atomic E-state index is 0.187. The molecule has 5 nitrogen and oxygen atoms in total. The van der Waals surface area contributed by atoms with Crippen LogP contribution in [0.25, 0.3) is 0 Å². The Hall–Kier alpha value is -0.650. The predicted molar refractivity (Wildman–Crippen MR) is 79.8 cm³/mol. The van der Waals surface area contributed by atoms with Crippen LogP contribution in [0.15, 0.2) is 0 Å². The van der Waals surface area contributed by atoms with Crippen molar-refractivity contribution in [1.29, 1.82) is 0 Å². The molecular weight excluding hydrogens is 256 g/mol. The summed E-state index contributed by atoms with van der Waals surface area (Å²) in [7, 11) is 1.45. The third kappa shape index (κ3) is 4.72. The summed E-state index contributed by atoms with van der Waals surface area (Å²) in [4.78, 5) is 14.5.